The number of H-pyrrole nitrogens is 1. The van der Waals surface area contributed by atoms with Gasteiger partial charge in [-0.3, -0.25) is 14.5 Å². The van der Waals surface area contributed by atoms with E-state index in [4.69, 9.17) is 26.8 Å². The maximum absolute atomic E-state index is 13.2. The molecule has 1 aliphatic heterocycles. The lowest BCUT2D eigenvalue weighted by Crippen LogP contribution is -2.21. The number of alkyl halides is 2. The Balaban J connectivity index is 1.38. The SMILES string of the molecule is Nc1ncc(-c2cnn(C3CCOCC3)c2)c2[nH]nc(-c3ccc(NS(=O)(=O)C(F)F)c(OCc4cccc(Cl)c4)c3)c12. The highest BCUT2D eigenvalue weighted by atomic mass is 35.5. The molecule has 4 heterocycles. The van der Waals surface area contributed by atoms with E-state index in [1.165, 1.54) is 18.2 Å². The normalized spacial score (nSPS) is 14.4. The number of hydrogen-bond acceptors (Lipinski definition) is 8. The van der Waals surface area contributed by atoms with Gasteiger partial charge in [0.15, 0.2) is 0 Å². The summed E-state index contributed by atoms with van der Waals surface area (Å²) >= 11 is 6.07. The number of ether oxygens (including phenoxy) is 2. The van der Waals surface area contributed by atoms with Crippen molar-refractivity contribution in [2.45, 2.75) is 31.2 Å². The van der Waals surface area contributed by atoms with Gasteiger partial charge in [0.25, 0.3) is 10.0 Å². The average molecular weight is 630 g/mol. The third-order valence-electron chi connectivity index (χ3n) is 7.13. The Morgan fingerprint density at radius 1 is 1.16 bits per heavy atom. The molecule has 43 heavy (non-hydrogen) atoms. The second kappa shape index (κ2) is 11.8. The van der Waals surface area contributed by atoms with Crippen LogP contribution in [0.4, 0.5) is 20.3 Å². The van der Waals surface area contributed by atoms with Crippen LogP contribution < -0.4 is 15.2 Å². The van der Waals surface area contributed by atoms with Crippen LogP contribution in [-0.4, -0.2) is 52.4 Å². The van der Waals surface area contributed by atoms with Crippen molar-refractivity contribution in [3.8, 4) is 28.1 Å². The van der Waals surface area contributed by atoms with Gasteiger partial charge in [-0.05, 0) is 42.7 Å². The van der Waals surface area contributed by atoms with Gasteiger partial charge in [0.2, 0.25) is 0 Å². The number of benzene rings is 2. The Morgan fingerprint density at radius 3 is 2.74 bits per heavy atom. The van der Waals surface area contributed by atoms with E-state index < -0.39 is 15.8 Å². The molecular weight excluding hydrogens is 604 g/mol. The minimum Gasteiger partial charge on any atom is -0.487 e. The topological polar surface area (TPSA) is 150 Å². The summed E-state index contributed by atoms with van der Waals surface area (Å²) in [5.41, 5.74) is 9.91. The van der Waals surface area contributed by atoms with Gasteiger partial charge in [-0.2, -0.15) is 19.0 Å². The lowest BCUT2D eigenvalue weighted by atomic mass is 10.0. The van der Waals surface area contributed by atoms with Crippen molar-refractivity contribution in [2.24, 2.45) is 0 Å². The summed E-state index contributed by atoms with van der Waals surface area (Å²) in [7, 11) is -4.97. The van der Waals surface area contributed by atoms with E-state index in [0.29, 0.717) is 46.0 Å². The van der Waals surface area contributed by atoms with E-state index in [9.17, 15) is 17.2 Å². The van der Waals surface area contributed by atoms with Gasteiger partial charge in [-0.1, -0.05) is 29.8 Å². The number of rotatable bonds is 9. The number of nitrogens with zero attached hydrogens (tertiary/aromatic N) is 4. The van der Waals surface area contributed by atoms with E-state index in [1.54, 1.807) is 36.7 Å². The number of nitrogens with one attached hydrogen (secondary N) is 2. The third kappa shape index (κ3) is 5.98. The Morgan fingerprint density at radius 2 is 1.98 bits per heavy atom. The molecule has 0 bridgehead atoms. The largest absolute Gasteiger partial charge is 0.487 e. The van der Waals surface area contributed by atoms with Gasteiger partial charge in [-0.15, -0.1) is 0 Å². The maximum atomic E-state index is 13.2. The van der Waals surface area contributed by atoms with Crippen LogP contribution in [0.5, 0.6) is 5.75 Å². The Hall–Kier alpha value is -4.27. The first-order valence-corrected chi connectivity index (χ1v) is 15.2. The highest BCUT2D eigenvalue weighted by Gasteiger charge is 2.26. The number of nitrogen functional groups attached to an aromatic ring is 1. The van der Waals surface area contributed by atoms with Crippen LogP contribution in [-0.2, 0) is 21.4 Å². The first kappa shape index (κ1) is 28.8. The number of aromatic amines is 1. The first-order valence-electron chi connectivity index (χ1n) is 13.3. The monoisotopic (exact) mass is 629 g/mol. The molecule has 11 nitrogen and oxygen atoms in total. The highest BCUT2D eigenvalue weighted by Crippen LogP contribution is 2.39. The lowest BCUT2D eigenvalue weighted by Gasteiger charge is -2.22. The average Bonchev–Trinajstić information content (AvgIpc) is 3.66. The smallest absolute Gasteiger partial charge is 0.355 e. The van der Waals surface area contributed by atoms with Gasteiger partial charge in [0.05, 0.1) is 28.8 Å². The van der Waals surface area contributed by atoms with Gasteiger partial charge >= 0.3 is 5.76 Å². The van der Waals surface area contributed by atoms with Crippen LogP contribution in [0.3, 0.4) is 0 Å². The van der Waals surface area contributed by atoms with Gasteiger partial charge in [0, 0.05) is 47.3 Å². The Bertz CT molecular complexity index is 1890. The predicted molar refractivity (Wildman–Crippen MR) is 158 cm³/mol. The van der Waals surface area contributed by atoms with E-state index in [-0.39, 0.29) is 29.9 Å². The van der Waals surface area contributed by atoms with E-state index in [1.807, 2.05) is 15.6 Å². The molecule has 0 radical (unpaired) electrons. The number of hydrogen-bond donors (Lipinski definition) is 3. The Labute approximate surface area is 250 Å². The van der Waals surface area contributed by atoms with Gasteiger partial charge in [-0.25, -0.2) is 13.4 Å². The molecular formula is C28H26ClF2N7O4S. The molecule has 3 aromatic heterocycles. The summed E-state index contributed by atoms with van der Waals surface area (Å²) in [6.07, 6.45) is 7.10. The summed E-state index contributed by atoms with van der Waals surface area (Å²) in [5, 5.41) is 13.1. The Kier molecular flexibility index (Phi) is 7.90. The molecule has 1 aliphatic rings. The molecule has 15 heteroatoms. The molecule has 0 atom stereocenters. The molecule has 2 aromatic carbocycles. The number of fused-ring (bicyclic) bond motifs is 1. The number of pyridine rings is 1. The number of sulfonamides is 1. The molecule has 1 saturated heterocycles. The zero-order valence-electron chi connectivity index (χ0n) is 22.5. The third-order valence-corrected chi connectivity index (χ3v) is 8.34. The van der Waals surface area contributed by atoms with Crippen LogP contribution >= 0.6 is 11.6 Å². The van der Waals surface area contributed by atoms with Crippen molar-refractivity contribution in [2.75, 3.05) is 23.7 Å². The fourth-order valence-corrected chi connectivity index (χ4v) is 5.74. The van der Waals surface area contributed by atoms with Crippen LogP contribution in [0.2, 0.25) is 5.02 Å². The van der Waals surface area contributed by atoms with Crippen LogP contribution in [0.1, 0.15) is 24.4 Å². The second-order valence-electron chi connectivity index (χ2n) is 9.97. The zero-order chi connectivity index (χ0) is 30.1. The first-order chi connectivity index (χ1) is 20.7. The molecule has 0 saturated carbocycles. The molecule has 224 valence electrons. The molecule has 0 unspecified atom stereocenters. The minimum absolute atomic E-state index is 0.00160. The highest BCUT2D eigenvalue weighted by molar-refractivity contribution is 7.93. The summed E-state index contributed by atoms with van der Waals surface area (Å²) in [6, 6.07) is 11.5. The fraction of sp³-hybridized carbons (Fsp3) is 0.250. The summed E-state index contributed by atoms with van der Waals surface area (Å²) in [4.78, 5) is 4.40. The van der Waals surface area contributed by atoms with Crippen molar-refractivity contribution >= 4 is 44.0 Å². The predicted octanol–water partition coefficient (Wildman–Crippen LogP) is 5.62. The lowest BCUT2D eigenvalue weighted by molar-refractivity contribution is 0.0662. The number of nitrogens with two attached hydrogens (primary N) is 1. The summed E-state index contributed by atoms with van der Waals surface area (Å²) < 4.78 is 65.5. The van der Waals surface area contributed by atoms with E-state index in [0.717, 1.165) is 24.0 Å². The van der Waals surface area contributed by atoms with Crippen molar-refractivity contribution < 1.29 is 26.7 Å². The maximum Gasteiger partial charge on any atom is 0.355 e. The molecule has 0 aliphatic carbocycles. The zero-order valence-corrected chi connectivity index (χ0v) is 24.1. The van der Waals surface area contributed by atoms with Crippen molar-refractivity contribution in [1.29, 1.82) is 0 Å². The molecule has 0 amide bonds. The standard InChI is InChI=1S/C28H26ClF2N7O4S/c29-19-3-1-2-16(10-19)15-42-23-11-17(4-5-22(23)37-43(39,40)28(30)31)25-24-26(36-35-25)21(13-33-27(24)32)18-12-34-38(14-18)20-6-8-41-9-7-20/h1-5,10-14,20,28,37H,6-9,15H2,(H2,32,33)(H,35,36). The molecule has 0 spiro atoms. The van der Waals surface area contributed by atoms with E-state index >= 15 is 0 Å². The molecule has 1 fully saturated rings. The van der Waals surface area contributed by atoms with Gasteiger partial charge < -0.3 is 15.2 Å². The quantitative estimate of drug-likeness (QED) is 0.190. The summed E-state index contributed by atoms with van der Waals surface area (Å²) in [5.74, 6) is -3.43. The van der Waals surface area contributed by atoms with Gasteiger partial charge in [0.1, 0.15) is 23.9 Å². The van der Waals surface area contributed by atoms with Crippen molar-refractivity contribution in [3.63, 3.8) is 0 Å². The molecule has 6 rings (SSSR count). The number of halogens is 3. The van der Waals surface area contributed by atoms with Crippen molar-refractivity contribution in [3.05, 3.63) is 71.6 Å². The van der Waals surface area contributed by atoms with E-state index in [2.05, 4.69) is 20.3 Å². The van der Waals surface area contributed by atoms with Crippen LogP contribution in [0.15, 0.2) is 61.1 Å². The number of anilines is 2. The molecule has 4 N–H and O–H groups in total. The second-order valence-corrected chi connectivity index (χ2v) is 12.1. The summed E-state index contributed by atoms with van der Waals surface area (Å²) in [6.45, 7) is 1.36. The number of aromatic nitrogens is 5. The van der Waals surface area contributed by atoms with Crippen LogP contribution in [0, 0.1) is 0 Å². The minimum atomic E-state index is -4.97. The van der Waals surface area contributed by atoms with Crippen molar-refractivity contribution in [1.82, 2.24) is 25.0 Å². The molecule has 5 aromatic rings. The van der Waals surface area contributed by atoms with Crippen LogP contribution in [0.25, 0.3) is 33.3 Å². The fourth-order valence-electron chi connectivity index (χ4n) is 4.96.